The standard InChI is InChI=1S/C22H28N2O3/c23-20(25)13-27-19-4-1-15(2-5-19)3-6-21(26)24-14-22-10-16-7-17(11-22)9-18(8-16)12-22/h1-6,16-18H,7-14H2,(H2,23,25)(H,24,26)/b6-3+. The zero-order chi connectivity index (χ0) is 18.9. The number of carbonyl (C=O) groups is 2. The SMILES string of the molecule is NC(=O)COc1ccc(/C=C/C(=O)NCC23CC4CC(CC(C4)C2)C3)cc1. The first kappa shape index (κ1) is 18.1. The van der Waals surface area contributed by atoms with Crippen molar-refractivity contribution in [2.45, 2.75) is 38.5 Å². The molecule has 1 aromatic carbocycles. The van der Waals surface area contributed by atoms with Crippen molar-refractivity contribution < 1.29 is 14.3 Å². The molecule has 4 aliphatic rings. The van der Waals surface area contributed by atoms with Crippen molar-refractivity contribution in [2.75, 3.05) is 13.2 Å². The second-order valence-electron chi connectivity index (χ2n) is 8.79. The number of carbonyl (C=O) groups excluding carboxylic acids is 2. The molecule has 0 unspecified atom stereocenters. The van der Waals surface area contributed by atoms with Gasteiger partial charge in [-0.2, -0.15) is 0 Å². The fraction of sp³-hybridized carbons (Fsp3) is 0.545. The molecule has 1 aromatic rings. The quantitative estimate of drug-likeness (QED) is 0.726. The summed E-state index contributed by atoms with van der Waals surface area (Å²) >= 11 is 0. The summed E-state index contributed by atoms with van der Waals surface area (Å²) in [5, 5.41) is 3.15. The molecule has 0 heterocycles. The van der Waals surface area contributed by atoms with E-state index in [1.165, 1.54) is 38.5 Å². The highest BCUT2D eigenvalue weighted by Crippen LogP contribution is 2.59. The van der Waals surface area contributed by atoms with Gasteiger partial charge in [-0.05, 0) is 85.5 Å². The minimum absolute atomic E-state index is 0.0280. The summed E-state index contributed by atoms with van der Waals surface area (Å²) < 4.78 is 5.23. The van der Waals surface area contributed by atoms with Gasteiger partial charge in [-0.3, -0.25) is 9.59 Å². The van der Waals surface area contributed by atoms with E-state index in [-0.39, 0.29) is 12.5 Å². The summed E-state index contributed by atoms with van der Waals surface area (Å²) in [6.07, 6.45) is 11.6. The van der Waals surface area contributed by atoms with Gasteiger partial charge in [0.25, 0.3) is 5.91 Å². The van der Waals surface area contributed by atoms with Crippen LogP contribution in [0.3, 0.4) is 0 Å². The van der Waals surface area contributed by atoms with Gasteiger partial charge in [0.1, 0.15) is 5.75 Å². The Balaban J connectivity index is 1.27. The van der Waals surface area contributed by atoms with Crippen LogP contribution in [0, 0.1) is 23.2 Å². The minimum atomic E-state index is -0.505. The molecule has 5 nitrogen and oxygen atoms in total. The van der Waals surface area contributed by atoms with Crippen LogP contribution in [-0.2, 0) is 9.59 Å². The van der Waals surface area contributed by atoms with Crippen LogP contribution in [0.1, 0.15) is 44.1 Å². The molecule has 0 atom stereocenters. The number of nitrogens with two attached hydrogens (primary N) is 1. The van der Waals surface area contributed by atoms with Crippen LogP contribution < -0.4 is 15.8 Å². The van der Waals surface area contributed by atoms with Crippen LogP contribution in [0.5, 0.6) is 5.75 Å². The molecule has 2 amide bonds. The zero-order valence-electron chi connectivity index (χ0n) is 15.7. The molecule has 4 aliphatic carbocycles. The molecular formula is C22H28N2O3. The summed E-state index contributed by atoms with van der Waals surface area (Å²) in [6, 6.07) is 7.21. The van der Waals surface area contributed by atoms with Crippen molar-refractivity contribution in [2.24, 2.45) is 28.9 Å². The van der Waals surface area contributed by atoms with E-state index in [0.717, 1.165) is 29.9 Å². The normalized spacial score (nSPS) is 31.2. The molecule has 3 N–H and O–H groups in total. The van der Waals surface area contributed by atoms with E-state index in [1.807, 2.05) is 12.1 Å². The average Bonchev–Trinajstić information content (AvgIpc) is 2.63. The molecule has 27 heavy (non-hydrogen) atoms. The molecule has 0 spiro atoms. The Hall–Kier alpha value is -2.30. The molecule has 0 aromatic heterocycles. The molecule has 0 saturated heterocycles. The maximum atomic E-state index is 12.3. The first-order chi connectivity index (χ1) is 13.0. The van der Waals surface area contributed by atoms with E-state index in [2.05, 4.69) is 5.32 Å². The van der Waals surface area contributed by atoms with Crippen molar-refractivity contribution in [1.82, 2.24) is 5.32 Å². The predicted octanol–water partition coefficient (Wildman–Crippen LogP) is 2.90. The van der Waals surface area contributed by atoms with Crippen molar-refractivity contribution in [3.63, 3.8) is 0 Å². The largest absolute Gasteiger partial charge is 0.484 e. The van der Waals surface area contributed by atoms with Gasteiger partial charge in [-0.25, -0.2) is 0 Å². The third kappa shape index (κ3) is 4.34. The van der Waals surface area contributed by atoms with Crippen LogP contribution in [0.15, 0.2) is 30.3 Å². The van der Waals surface area contributed by atoms with Gasteiger partial charge in [0.15, 0.2) is 6.61 Å². The molecule has 0 aliphatic heterocycles. The minimum Gasteiger partial charge on any atom is -0.484 e. The number of ether oxygens (including phenoxy) is 1. The van der Waals surface area contributed by atoms with E-state index in [4.69, 9.17) is 10.5 Å². The van der Waals surface area contributed by atoms with Gasteiger partial charge in [0.05, 0.1) is 0 Å². The topological polar surface area (TPSA) is 81.4 Å². The first-order valence-electron chi connectivity index (χ1n) is 9.97. The van der Waals surface area contributed by atoms with Gasteiger partial charge in [-0.15, -0.1) is 0 Å². The van der Waals surface area contributed by atoms with E-state index < -0.39 is 5.91 Å². The first-order valence-corrected chi connectivity index (χ1v) is 9.97. The van der Waals surface area contributed by atoms with E-state index in [1.54, 1.807) is 24.3 Å². The van der Waals surface area contributed by atoms with Gasteiger partial charge >= 0.3 is 0 Å². The number of amides is 2. The Morgan fingerprint density at radius 3 is 2.22 bits per heavy atom. The molecular weight excluding hydrogens is 340 g/mol. The number of hydrogen-bond donors (Lipinski definition) is 2. The summed E-state index contributed by atoms with van der Waals surface area (Å²) in [6.45, 7) is 0.682. The van der Waals surface area contributed by atoms with E-state index in [9.17, 15) is 9.59 Å². The van der Waals surface area contributed by atoms with Gasteiger partial charge < -0.3 is 15.8 Å². The van der Waals surface area contributed by atoms with Crippen LogP contribution >= 0.6 is 0 Å². The summed E-state index contributed by atoms with van der Waals surface area (Å²) in [4.78, 5) is 23.0. The lowest BCUT2D eigenvalue weighted by Crippen LogP contribution is -2.51. The second-order valence-corrected chi connectivity index (χ2v) is 8.79. The fourth-order valence-electron chi connectivity index (χ4n) is 5.84. The average molecular weight is 368 g/mol. The Kier molecular flexibility index (Phi) is 4.94. The molecule has 144 valence electrons. The number of rotatable bonds is 7. The highest BCUT2D eigenvalue weighted by molar-refractivity contribution is 5.91. The number of primary amides is 1. The monoisotopic (exact) mass is 368 g/mol. The molecule has 4 fully saturated rings. The van der Waals surface area contributed by atoms with Crippen LogP contribution in [0.25, 0.3) is 6.08 Å². The molecule has 4 bridgehead atoms. The van der Waals surface area contributed by atoms with Gasteiger partial charge in [0.2, 0.25) is 5.91 Å². The summed E-state index contributed by atoms with van der Waals surface area (Å²) in [7, 11) is 0. The third-order valence-corrected chi connectivity index (χ3v) is 6.49. The third-order valence-electron chi connectivity index (χ3n) is 6.49. The predicted molar refractivity (Wildman–Crippen MR) is 104 cm³/mol. The molecule has 0 radical (unpaired) electrons. The molecule has 5 heteroatoms. The van der Waals surface area contributed by atoms with Gasteiger partial charge in [-0.1, -0.05) is 12.1 Å². The zero-order valence-corrected chi connectivity index (χ0v) is 15.7. The Bertz CT molecular complexity index is 703. The van der Waals surface area contributed by atoms with Crippen molar-refractivity contribution >= 4 is 17.9 Å². The van der Waals surface area contributed by atoms with Crippen LogP contribution in [-0.4, -0.2) is 25.0 Å². The van der Waals surface area contributed by atoms with Crippen LogP contribution in [0.4, 0.5) is 0 Å². The Morgan fingerprint density at radius 2 is 1.67 bits per heavy atom. The number of hydrogen-bond acceptors (Lipinski definition) is 3. The van der Waals surface area contributed by atoms with Crippen LogP contribution in [0.2, 0.25) is 0 Å². The molecule has 5 rings (SSSR count). The highest BCUT2D eigenvalue weighted by Gasteiger charge is 2.50. The lowest BCUT2D eigenvalue weighted by molar-refractivity contribution is -0.120. The summed E-state index contributed by atoms with van der Waals surface area (Å²) in [5.74, 6) is 2.75. The highest BCUT2D eigenvalue weighted by atomic mass is 16.5. The maximum Gasteiger partial charge on any atom is 0.255 e. The number of nitrogens with one attached hydrogen (secondary N) is 1. The van der Waals surface area contributed by atoms with Crippen molar-refractivity contribution in [1.29, 1.82) is 0 Å². The van der Waals surface area contributed by atoms with E-state index >= 15 is 0 Å². The molecule has 4 saturated carbocycles. The maximum absolute atomic E-state index is 12.3. The second kappa shape index (κ2) is 7.37. The van der Waals surface area contributed by atoms with Gasteiger partial charge in [0, 0.05) is 12.6 Å². The number of benzene rings is 1. The lowest BCUT2D eigenvalue weighted by Gasteiger charge is -2.56. The lowest BCUT2D eigenvalue weighted by atomic mass is 9.49. The van der Waals surface area contributed by atoms with E-state index in [0.29, 0.717) is 11.2 Å². The van der Waals surface area contributed by atoms with Crippen molar-refractivity contribution in [3.8, 4) is 5.75 Å². The Morgan fingerprint density at radius 1 is 1.07 bits per heavy atom. The smallest absolute Gasteiger partial charge is 0.255 e. The summed E-state index contributed by atoms with van der Waals surface area (Å²) in [5.41, 5.74) is 6.32. The fourth-order valence-corrected chi connectivity index (χ4v) is 5.84. The Labute approximate surface area is 160 Å². The van der Waals surface area contributed by atoms with Crippen molar-refractivity contribution in [3.05, 3.63) is 35.9 Å².